The van der Waals surface area contributed by atoms with Crippen LogP contribution in [-0.2, 0) is 0 Å². The number of carboxylic acids is 1. The van der Waals surface area contributed by atoms with Gasteiger partial charge in [0.25, 0.3) is 0 Å². The van der Waals surface area contributed by atoms with Crippen molar-refractivity contribution in [3.63, 3.8) is 0 Å². The Morgan fingerprint density at radius 1 is 1.05 bits per heavy atom. The molecule has 120 valence electrons. The van der Waals surface area contributed by atoms with Crippen molar-refractivity contribution in [2.75, 3.05) is 0 Å². The molecule has 1 N–H and O–H groups in total. The second-order valence-corrected chi connectivity index (χ2v) is 7.04. The molecular weight excluding hydrogens is 274 g/mol. The van der Waals surface area contributed by atoms with Crippen LogP contribution >= 0.6 is 0 Å². The number of rotatable bonds is 4. The molecule has 2 rings (SSSR count). The highest BCUT2D eigenvalue weighted by Crippen LogP contribution is 2.38. The Morgan fingerprint density at radius 3 is 2.05 bits per heavy atom. The summed E-state index contributed by atoms with van der Waals surface area (Å²) in [4.78, 5) is 11.5. The molecule has 0 aliphatic rings. The fourth-order valence-electron chi connectivity index (χ4n) is 3.56. The minimum absolute atomic E-state index is 0.286. The van der Waals surface area contributed by atoms with E-state index in [2.05, 4.69) is 53.0 Å². The lowest BCUT2D eigenvalue weighted by atomic mass is 9.93. The Morgan fingerprint density at radius 2 is 1.64 bits per heavy atom. The zero-order valence-electron chi connectivity index (χ0n) is 14.7. The van der Waals surface area contributed by atoms with Crippen molar-refractivity contribution in [1.82, 2.24) is 4.57 Å². The summed E-state index contributed by atoms with van der Waals surface area (Å²) in [5.41, 5.74) is 5.24. The third kappa shape index (κ3) is 2.53. The molecule has 0 radical (unpaired) electrons. The first-order chi connectivity index (χ1) is 10.2. The topological polar surface area (TPSA) is 42.2 Å². The van der Waals surface area contributed by atoms with Crippen molar-refractivity contribution < 1.29 is 9.90 Å². The summed E-state index contributed by atoms with van der Waals surface area (Å²) in [6.07, 6.45) is 0. The number of hydrogen-bond acceptors (Lipinski definition) is 1. The number of fused-ring (bicyclic) bond motifs is 1. The van der Waals surface area contributed by atoms with Gasteiger partial charge in [-0.25, -0.2) is 4.79 Å². The Labute approximate surface area is 133 Å². The average Bonchev–Trinajstić information content (AvgIpc) is 2.68. The summed E-state index contributed by atoms with van der Waals surface area (Å²) in [6, 6.07) is 4.05. The van der Waals surface area contributed by atoms with Crippen LogP contribution in [0, 0.1) is 6.92 Å². The normalized spacial score (nSPS) is 12.1. The van der Waals surface area contributed by atoms with Gasteiger partial charge >= 0.3 is 5.97 Å². The van der Waals surface area contributed by atoms with E-state index in [4.69, 9.17) is 0 Å². The van der Waals surface area contributed by atoms with Gasteiger partial charge in [-0.15, -0.1) is 0 Å². The summed E-state index contributed by atoms with van der Waals surface area (Å²) < 4.78 is 2.37. The maximum Gasteiger partial charge on any atom is 0.335 e. The largest absolute Gasteiger partial charge is 0.478 e. The van der Waals surface area contributed by atoms with E-state index in [1.807, 2.05) is 12.1 Å². The maximum absolute atomic E-state index is 11.5. The van der Waals surface area contributed by atoms with Crippen LogP contribution < -0.4 is 0 Å². The van der Waals surface area contributed by atoms with Gasteiger partial charge in [0.15, 0.2) is 0 Å². The molecule has 0 aliphatic carbocycles. The molecule has 0 saturated heterocycles. The Kier molecular flexibility index (Phi) is 4.37. The monoisotopic (exact) mass is 301 g/mol. The standard InChI is InChI=1S/C19H27NO2/c1-10(2)15-8-14(19(21)22)9-16-17(11(3)4)13(7)20(12(5)6)18(15)16/h8-12H,1-7H3,(H,21,22). The summed E-state index contributed by atoms with van der Waals surface area (Å²) in [5, 5.41) is 10.6. The Balaban J connectivity index is 3.04. The van der Waals surface area contributed by atoms with Crippen LogP contribution in [0.15, 0.2) is 12.1 Å². The molecule has 1 aromatic carbocycles. The molecule has 0 spiro atoms. The second kappa shape index (κ2) is 5.79. The fourth-order valence-corrected chi connectivity index (χ4v) is 3.56. The molecule has 0 atom stereocenters. The van der Waals surface area contributed by atoms with Gasteiger partial charge in [-0.1, -0.05) is 27.7 Å². The lowest BCUT2D eigenvalue weighted by Gasteiger charge is -2.17. The molecule has 0 saturated carbocycles. The number of aromatic carboxylic acids is 1. The molecule has 1 heterocycles. The highest BCUT2D eigenvalue weighted by Gasteiger charge is 2.23. The van der Waals surface area contributed by atoms with Crippen LogP contribution in [0.5, 0.6) is 0 Å². The number of nitrogens with zero attached hydrogens (tertiary/aromatic N) is 1. The quantitative estimate of drug-likeness (QED) is 0.813. The molecule has 3 heteroatoms. The Hall–Kier alpha value is -1.77. The molecule has 0 amide bonds. The number of benzene rings is 1. The van der Waals surface area contributed by atoms with Crippen LogP contribution in [0.1, 0.15) is 86.6 Å². The first-order valence-electron chi connectivity index (χ1n) is 8.08. The minimum Gasteiger partial charge on any atom is -0.478 e. The van der Waals surface area contributed by atoms with Crippen LogP contribution in [-0.4, -0.2) is 15.6 Å². The van der Waals surface area contributed by atoms with Crippen molar-refractivity contribution in [2.45, 2.75) is 66.3 Å². The third-order valence-corrected chi connectivity index (χ3v) is 4.38. The molecule has 0 bridgehead atoms. The van der Waals surface area contributed by atoms with Crippen molar-refractivity contribution in [3.8, 4) is 0 Å². The first kappa shape index (κ1) is 16.6. The Bertz CT molecular complexity index is 721. The predicted octanol–water partition coefficient (Wildman–Crippen LogP) is 5.48. The van der Waals surface area contributed by atoms with Gasteiger partial charge in [0.2, 0.25) is 0 Å². The van der Waals surface area contributed by atoms with E-state index in [1.165, 1.54) is 16.8 Å². The van der Waals surface area contributed by atoms with Crippen molar-refractivity contribution in [1.29, 1.82) is 0 Å². The third-order valence-electron chi connectivity index (χ3n) is 4.38. The predicted molar refractivity (Wildman–Crippen MR) is 92.2 cm³/mol. The van der Waals surface area contributed by atoms with E-state index in [1.54, 1.807) is 0 Å². The second-order valence-electron chi connectivity index (χ2n) is 7.04. The molecule has 1 aromatic heterocycles. The highest BCUT2D eigenvalue weighted by atomic mass is 16.4. The molecular formula is C19H27NO2. The van der Waals surface area contributed by atoms with Crippen LogP contribution in [0.25, 0.3) is 10.9 Å². The first-order valence-corrected chi connectivity index (χ1v) is 8.08. The minimum atomic E-state index is -0.853. The van der Waals surface area contributed by atoms with E-state index in [0.29, 0.717) is 17.5 Å². The van der Waals surface area contributed by atoms with Gasteiger partial charge in [0.1, 0.15) is 0 Å². The van der Waals surface area contributed by atoms with Gasteiger partial charge < -0.3 is 9.67 Å². The van der Waals surface area contributed by atoms with Crippen LogP contribution in [0.3, 0.4) is 0 Å². The number of aromatic nitrogens is 1. The van der Waals surface area contributed by atoms with Crippen LogP contribution in [0.4, 0.5) is 0 Å². The maximum atomic E-state index is 11.5. The van der Waals surface area contributed by atoms with E-state index >= 15 is 0 Å². The summed E-state index contributed by atoms with van der Waals surface area (Å²) in [7, 11) is 0. The summed E-state index contributed by atoms with van der Waals surface area (Å²) in [5.74, 6) is -0.200. The average molecular weight is 301 g/mol. The lowest BCUT2D eigenvalue weighted by Crippen LogP contribution is -2.06. The van der Waals surface area contributed by atoms with E-state index in [9.17, 15) is 9.90 Å². The number of hydrogen-bond donors (Lipinski definition) is 1. The highest BCUT2D eigenvalue weighted by molar-refractivity contribution is 5.97. The molecule has 0 fully saturated rings. The van der Waals surface area contributed by atoms with E-state index < -0.39 is 5.97 Å². The number of carboxylic acid groups (broad SMARTS) is 1. The fraction of sp³-hybridized carbons (Fsp3) is 0.526. The van der Waals surface area contributed by atoms with Crippen molar-refractivity contribution in [3.05, 3.63) is 34.5 Å². The van der Waals surface area contributed by atoms with Crippen molar-refractivity contribution in [2.24, 2.45) is 0 Å². The summed E-state index contributed by atoms with van der Waals surface area (Å²) >= 11 is 0. The smallest absolute Gasteiger partial charge is 0.335 e. The summed E-state index contributed by atoms with van der Waals surface area (Å²) in [6.45, 7) is 15.1. The SMILES string of the molecule is Cc1c(C(C)C)c2cc(C(=O)O)cc(C(C)C)c2n1C(C)C. The van der Waals surface area contributed by atoms with Gasteiger partial charge in [-0.2, -0.15) is 0 Å². The molecule has 3 nitrogen and oxygen atoms in total. The van der Waals surface area contributed by atoms with E-state index in [-0.39, 0.29) is 5.92 Å². The molecule has 2 aromatic rings. The molecule has 22 heavy (non-hydrogen) atoms. The van der Waals surface area contributed by atoms with Gasteiger partial charge in [0, 0.05) is 17.1 Å². The lowest BCUT2D eigenvalue weighted by molar-refractivity contribution is 0.0697. The zero-order chi connectivity index (χ0) is 16.8. The van der Waals surface area contributed by atoms with Crippen LogP contribution in [0.2, 0.25) is 0 Å². The molecule has 0 unspecified atom stereocenters. The molecule has 0 aliphatic heterocycles. The van der Waals surface area contributed by atoms with E-state index in [0.717, 1.165) is 10.9 Å². The zero-order valence-corrected chi connectivity index (χ0v) is 14.7. The number of carbonyl (C=O) groups is 1. The van der Waals surface area contributed by atoms with Gasteiger partial charge in [-0.05, 0) is 55.9 Å². The van der Waals surface area contributed by atoms with Crippen molar-refractivity contribution >= 4 is 16.9 Å². The van der Waals surface area contributed by atoms with Gasteiger partial charge in [0.05, 0.1) is 11.1 Å². The van der Waals surface area contributed by atoms with Gasteiger partial charge in [-0.3, -0.25) is 0 Å².